The summed E-state index contributed by atoms with van der Waals surface area (Å²) in [4.78, 5) is 0. The molecule has 1 nitrogen and oxygen atoms in total. The lowest BCUT2D eigenvalue weighted by molar-refractivity contribution is 0.545. The van der Waals surface area contributed by atoms with E-state index in [9.17, 15) is 0 Å². The zero-order valence-corrected chi connectivity index (χ0v) is 12.6. The summed E-state index contributed by atoms with van der Waals surface area (Å²) in [5.41, 5.74) is 5.39. The van der Waals surface area contributed by atoms with E-state index in [0.29, 0.717) is 6.54 Å². The maximum Gasteiger partial charge on any atom is 0.0106 e. The Morgan fingerprint density at radius 1 is 0.611 bits per heavy atom. The average molecular weight is 253 g/mol. The predicted molar refractivity (Wildman–Crippen MR) is 83.9 cm³/mol. The monoisotopic (exact) mass is 253 g/mol. The topological polar surface area (TPSA) is 26.0 Å². The van der Waals surface area contributed by atoms with Gasteiger partial charge in [-0.15, -0.1) is 0 Å². The first-order valence-electron chi connectivity index (χ1n) is 8.27. The van der Waals surface area contributed by atoms with E-state index in [0.717, 1.165) is 0 Å². The zero-order valence-electron chi connectivity index (χ0n) is 12.6. The quantitative estimate of drug-likeness (QED) is 0.317. The fraction of sp³-hybridized carbons (Fsp3) is 0.882. The van der Waals surface area contributed by atoms with E-state index in [2.05, 4.69) is 19.1 Å². The van der Waals surface area contributed by atoms with Crippen molar-refractivity contribution in [3.8, 4) is 0 Å². The molecule has 0 aromatic carbocycles. The Bertz CT molecular complexity index is 163. The van der Waals surface area contributed by atoms with Crippen LogP contribution in [-0.2, 0) is 0 Å². The molecule has 0 saturated heterocycles. The second kappa shape index (κ2) is 16.7. The zero-order chi connectivity index (χ0) is 13.3. The largest absolute Gasteiger partial charge is 0.327 e. The Morgan fingerprint density at radius 2 is 1.06 bits per heavy atom. The highest BCUT2D eigenvalue weighted by molar-refractivity contribution is 4.81. The van der Waals surface area contributed by atoms with Gasteiger partial charge in [0.25, 0.3) is 0 Å². The number of unbranched alkanes of at least 4 members (excludes halogenated alkanes) is 12. The Balaban J connectivity index is 2.92. The molecule has 0 aliphatic rings. The molecular weight excluding hydrogens is 218 g/mol. The van der Waals surface area contributed by atoms with Crippen molar-refractivity contribution in [2.45, 2.75) is 90.4 Å². The first-order valence-corrected chi connectivity index (χ1v) is 8.27. The minimum absolute atomic E-state index is 0.693. The van der Waals surface area contributed by atoms with E-state index in [1.807, 2.05) is 0 Å². The van der Waals surface area contributed by atoms with Crippen molar-refractivity contribution in [1.82, 2.24) is 0 Å². The van der Waals surface area contributed by atoms with Crippen molar-refractivity contribution in [2.24, 2.45) is 5.73 Å². The molecule has 0 rings (SSSR count). The fourth-order valence-electron chi connectivity index (χ4n) is 2.32. The molecule has 0 atom stereocenters. The summed E-state index contributed by atoms with van der Waals surface area (Å²) in [5.74, 6) is 0. The van der Waals surface area contributed by atoms with Crippen molar-refractivity contribution >= 4 is 0 Å². The predicted octanol–water partition coefficient (Wildman–Crippen LogP) is 5.59. The van der Waals surface area contributed by atoms with Gasteiger partial charge in [0.05, 0.1) is 0 Å². The molecular formula is C17H35N. The number of allylic oxidation sites excluding steroid dienone is 1. The van der Waals surface area contributed by atoms with Gasteiger partial charge in [0.15, 0.2) is 0 Å². The Morgan fingerprint density at radius 3 is 1.50 bits per heavy atom. The van der Waals surface area contributed by atoms with Crippen molar-refractivity contribution in [3.05, 3.63) is 12.2 Å². The standard InChI is InChI=1S/C17H35N/c1-2-3-4-5-6-7-8-9-10-11-12-13-14-15-16-17-18/h15-16H,2-14,17-18H2,1H3. The fourth-order valence-corrected chi connectivity index (χ4v) is 2.32. The minimum atomic E-state index is 0.693. The lowest BCUT2D eigenvalue weighted by atomic mass is 10.0. The molecule has 0 aromatic rings. The molecule has 0 unspecified atom stereocenters. The van der Waals surface area contributed by atoms with Gasteiger partial charge in [-0.2, -0.15) is 0 Å². The van der Waals surface area contributed by atoms with Gasteiger partial charge in [0, 0.05) is 6.54 Å². The summed E-state index contributed by atoms with van der Waals surface area (Å²) in [6.45, 7) is 2.98. The molecule has 108 valence electrons. The maximum atomic E-state index is 5.39. The molecule has 0 spiro atoms. The van der Waals surface area contributed by atoms with Crippen LogP contribution >= 0.6 is 0 Å². The van der Waals surface area contributed by atoms with Crippen LogP contribution in [0.4, 0.5) is 0 Å². The van der Waals surface area contributed by atoms with Crippen LogP contribution in [-0.4, -0.2) is 6.54 Å². The molecule has 1 heteroatoms. The van der Waals surface area contributed by atoms with Crippen LogP contribution in [0, 0.1) is 0 Å². The van der Waals surface area contributed by atoms with Crippen LogP contribution in [0.5, 0.6) is 0 Å². The van der Waals surface area contributed by atoms with E-state index >= 15 is 0 Å². The van der Waals surface area contributed by atoms with Gasteiger partial charge in [-0.1, -0.05) is 89.7 Å². The van der Waals surface area contributed by atoms with E-state index in [1.165, 1.54) is 83.5 Å². The minimum Gasteiger partial charge on any atom is -0.327 e. The Hall–Kier alpha value is -0.300. The van der Waals surface area contributed by atoms with Crippen LogP contribution in [0.1, 0.15) is 90.4 Å². The first-order chi connectivity index (χ1) is 8.91. The van der Waals surface area contributed by atoms with Crippen LogP contribution < -0.4 is 5.73 Å². The molecule has 2 N–H and O–H groups in total. The summed E-state index contributed by atoms with van der Waals surface area (Å²) in [7, 11) is 0. The molecule has 0 saturated carbocycles. The summed E-state index contributed by atoms with van der Waals surface area (Å²) < 4.78 is 0. The third kappa shape index (κ3) is 15.7. The van der Waals surface area contributed by atoms with Crippen molar-refractivity contribution in [3.63, 3.8) is 0 Å². The van der Waals surface area contributed by atoms with Crippen molar-refractivity contribution < 1.29 is 0 Å². The molecule has 0 fully saturated rings. The first kappa shape index (κ1) is 17.7. The molecule has 18 heavy (non-hydrogen) atoms. The normalized spacial score (nSPS) is 11.4. The summed E-state index contributed by atoms with van der Waals surface area (Å²) >= 11 is 0. The number of rotatable bonds is 14. The molecule has 0 aliphatic carbocycles. The van der Waals surface area contributed by atoms with Crippen LogP contribution in [0.2, 0.25) is 0 Å². The van der Waals surface area contributed by atoms with Gasteiger partial charge in [-0.25, -0.2) is 0 Å². The Labute approximate surface area is 115 Å². The van der Waals surface area contributed by atoms with Crippen molar-refractivity contribution in [2.75, 3.05) is 6.54 Å². The highest BCUT2D eigenvalue weighted by atomic mass is 14.5. The molecule has 0 bridgehead atoms. The second-order valence-electron chi connectivity index (χ2n) is 5.38. The molecule has 0 heterocycles. The Kier molecular flexibility index (Phi) is 16.4. The van der Waals surface area contributed by atoms with Gasteiger partial charge < -0.3 is 5.73 Å². The lowest BCUT2D eigenvalue weighted by Crippen LogP contribution is -1.91. The number of hydrogen-bond acceptors (Lipinski definition) is 1. The van der Waals surface area contributed by atoms with Crippen LogP contribution in [0.15, 0.2) is 12.2 Å². The number of hydrogen-bond donors (Lipinski definition) is 1. The average Bonchev–Trinajstić information content (AvgIpc) is 2.39. The van der Waals surface area contributed by atoms with E-state index in [-0.39, 0.29) is 0 Å². The summed E-state index contributed by atoms with van der Waals surface area (Å²) in [5, 5.41) is 0. The van der Waals surface area contributed by atoms with Crippen molar-refractivity contribution in [1.29, 1.82) is 0 Å². The van der Waals surface area contributed by atoms with Gasteiger partial charge in [-0.3, -0.25) is 0 Å². The van der Waals surface area contributed by atoms with Gasteiger partial charge in [-0.05, 0) is 12.8 Å². The molecule has 0 amide bonds. The molecule has 0 aliphatic heterocycles. The molecule has 0 aromatic heterocycles. The van der Waals surface area contributed by atoms with Gasteiger partial charge in [0.1, 0.15) is 0 Å². The van der Waals surface area contributed by atoms with Crippen LogP contribution in [0.25, 0.3) is 0 Å². The maximum absolute atomic E-state index is 5.39. The van der Waals surface area contributed by atoms with Gasteiger partial charge in [0.2, 0.25) is 0 Å². The number of nitrogens with two attached hydrogens (primary N) is 1. The SMILES string of the molecule is CCCCCCCCCCCCCCC=CCN. The highest BCUT2D eigenvalue weighted by Crippen LogP contribution is 2.12. The van der Waals surface area contributed by atoms with Crippen LogP contribution in [0.3, 0.4) is 0 Å². The van der Waals surface area contributed by atoms with E-state index in [1.54, 1.807) is 0 Å². The third-order valence-corrected chi connectivity index (χ3v) is 3.53. The second-order valence-corrected chi connectivity index (χ2v) is 5.38. The summed E-state index contributed by atoms with van der Waals surface area (Å²) in [6, 6.07) is 0. The summed E-state index contributed by atoms with van der Waals surface area (Å²) in [6.07, 6.45) is 22.6. The van der Waals surface area contributed by atoms with E-state index in [4.69, 9.17) is 5.73 Å². The lowest BCUT2D eigenvalue weighted by Gasteiger charge is -2.02. The van der Waals surface area contributed by atoms with E-state index < -0.39 is 0 Å². The third-order valence-electron chi connectivity index (χ3n) is 3.53. The molecule has 0 radical (unpaired) electrons. The smallest absolute Gasteiger partial charge is 0.0106 e. The highest BCUT2D eigenvalue weighted by Gasteiger charge is 1.92. The van der Waals surface area contributed by atoms with Gasteiger partial charge >= 0.3 is 0 Å².